The highest BCUT2D eigenvalue weighted by Crippen LogP contribution is 2.60. The van der Waals surface area contributed by atoms with Crippen LogP contribution in [0.2, 0.25) is 0 Å². The first kappa shape index (κ1) is 12.4. The molecule has 1 aromatic heterocycles. The van der Waals surface area contributed by atoms with Crippen LogP contribution in [0.3, 0.4) is 0 Å². The standard InChI is InChI=1S/C17H22N2O/c1-19-5-4-15(18-19)2-3-16(20)17-9-12-6-13(10-17)8-14(7-12)11-17/h2-5,12-14H,6-11H2,1H3/b3-2+. The van der Waals surface area contributed by atoms with Gasteiger partial charge in [0.1, 0.15) is 0 Å². The van der Waals surface area contributed by atoms with E-state index in [9.17, 15) is 4.79 Å². The Morgan fingerprint density at radius 1 is 1.25 bits per heavy atom. The van der Waals surface area contributed by atoms with Crippen LogP contribution in [0.25, 0.3) is 6.08 Å². The molecule has 0 amide bonds. The second kappa shape index (κ2) is 4.31. The molecule has 0 N–H and O–H groups in total. The molecule has 4 fully saturated rings. The maximum Gasteiger partial charge on any atom is 0.161 e. The Kier molecular flexibility index (Phi) is 2.66. The van der Waals surface area contributed by atoms with Gasteiger partial charge in [-0.3, -0.25) is 9.48 Å². The number of nitrogens with zero attached hydrogens (tertiary/aromatic N) is 2. The molecule has 4 saturated carbocycles. The summed E-state index contributed by atoms with van der Waals surface area (Å²) in [5, 5.41) is 4.31. The van der Waals surface area contributed by atoms with Crippen LogP contribution in [0.15, 0.2) is 18.3 Å². The van der Waals surface area contributed by atoms with Gasteiger partial charge in [0.2, 0.25) is 0 Å². The number of carbonyl (C=O) groups excluding carboxylic acids is 1. The lowest BCUT2D eigenvalue weighted by atomic mass is 9.48. The van der Waals surface area contributed by atoms with E-state index in [0.29, 0.717) is 5.78 Å². The zero-order valence-corrected chi connectivity index (χ0v) is 12.1. The number of aromatic nitrogens is 2. The van der Waals surface area contributed by atoms with Crippen LogP contribution >= 0.6 is 0 Å². The number of ketones is 1. The van der Waals surface area contributed by atoms with Gasteiger partial charge in [0, 0.05) is 18.7 Å². The molecule has 0 aromatic carbocycles. The number of hydrogen-bond acceptors (Lipinski definition) is 2. The van der Waals surface area contributed by atoms with Crippen molar-refractivity contribution >= 4 is 11.9 Å². The van der Waals surface area contributed by atoms with Gasteiger partial charge in [0.15, 0.2) is 5.78 Å². The van der Waals surface area contributed by atoms with Crippen molar-refractivity contribution in [3.05, 3.63) is 24.0 Å². The van der Waals surface area contributed by atoms with Crippen LogP contribution < -0.4 is 0 Å². The second-order valence-corrected chi connectivity index (χ2v) is 7.31. The van der Waals surface area contributed by atoms with E-state index >= 15 is 0 Å². The molecule has 0 atom stereocenters. The van der Waals surface area contributed by atoms with Crippen molar-refractivity contribution < 1.29 is 4.79 Å². The molecule has 0 radical (unpaired) electrons. The third kappa shape index (κ3) is 1.95. The summed E-state index contributed by atoms with van der Waals surface area (Å²) in [6, 6.07) is 1.95. The summed E-state index contributed by atoms with van der Waals surface area (Å²) in [7, 11) is 1.90. The fourth-order valence-electron chi connectivity index (χ4n) is 5.27. The fourth-order valence-corrected chi connectivity index (χ4v) is 5.27. The SMILES string of the molecule is Cn1ccc(/C=C/C(=O)C23CC4CC(CC(C4)C2)C3)n1. The van der Waals surface area contributed by atoms with Crippen molar-refractivity contribution in [1.29, 1.82) is 0 Å². The average Bonchev–Trinajstić information content (AvgIpc) is 2.80. The number of allylic oxidation sites excluding steroid dienone is 1. The lowest BCUT2D eigenvalue weighted by molar-refractivity contribution is -0.138. The second-order valence-electron chi connectivity index (χ2n) is 7.31. The third-order valence-corrected chi connectivity index (χ3v) is 5.70. The zero-order chi connectivity index (χ0) is 13.7. The van der Waals surface area contributed by atoms with E-state index in [1.807, 2.05) is 25.4 Å². The smallest absolute Gasteiger partial charge is 0.161 e. The van der Waals surface area contributed by atoms with Gasteiger partial charge in [0.05, 0.1) is 5.69 Å². The predicted molar refractivity (Wildman–Crippen MR) is 77.9 cm³/mol. The summed E-state index contributed by atoms with van der Waals surface area (Å²) < 4.78 is 1.77. The molecular formula is C17H22N2O. The van der Waals surface area contributed by atoms with E-state index in [2.05, 4.69) is 5.10 Å². The van der Waals surface area contributed by atoms with E-state index in [4.69, 9.17) is 0 Å². The molecule has 1 aromatic rings. The van der Waals surface area contributed by atoms with Gasteiger partial charge in [-0.05, 0) is 74.5 Å². The highest BCUT2D eigenvalue weighted by atomic mass is 16.1. The molecule has 3 nitrogen and oxygen atoms in total. The summed E-state index contributed by atoms with van der Waals surface area (Å²) in [5.41, 5.74) is 0.866. The highest BCUT2D eigenvalue weighted by Gasteiger charge is 2.53. The number of hydrogen-bond donors (Lipinski definition) is 0. The molecule has 4 aliphatic carbocycles. The van der Waals surface area contributed by atoms with Gasteiger partial charge in [-0.25, -0.2) is 0 Å². The highest BCUT2D eigenvalue weighted by molar-refractivity contribution is 5.98. The maximum atomic E-state index is 12.8. The van der Waals surface area contributed by atoms with Gasteiger partial charge in [-0.15, -0.1) is 0 Å². The van der Waals surface area contributed by atoms with Crippen LogP contribution in [0.1, 0.15) is 44.2 Å². The summed E-state index contributed by atoms with van der Waals surface area (Å²) in [6.45, 7) is 0. The third-order valence-electron chi connectivity index (χ3n) is 5.70. The molecule has 1 heterocycles. The largest absolute Gasteiger partial charge is 0.294 e. The molecular weight excluding hydrogens is 248 g/mol. The first-order valence-corrected chi connectivity index (χ1v) is 7.85. The van der Waals surface area contributed by atoms with E-state index in [1.54, 1.807) is 10.8 Å². The van der Waals surface area contributed by atoms with Crippen LogP contribution in [0.4, 0.5) is 0 Å². The lowest BCUT2D eigenvalue weighted by Crippen LogP contribution is -2.49. The molecule has 0 aliphatic heterocycles. The van der Waals surface area contributed by atoms with Gasteiger partial charge in [-0.2, -0.15) is 5.10 Å². The van der Waals surface area contributed by atoms with E-state index < -0.39 is 0 Å². The average molecular weight is 270 g/mol. The summed E-state index contributed by atoms with van der Waals surface area (Å²) in [6.07, 6.45) is 13.2. The van der Waals surface area contributed by atoms with Crippen LogP contribution in [-0.4, -0.2) is 15.6 Å². The first-order valence-electron chi connectivity index (χ1n) is 7.85. The van der Waals surface area contributed by atoms with Crippen molar-refractivity contribution in [3.63, 3.8) is 0 Å². The Labute approximate surface area is 120 Å². The molecule has 4 aliphatic rings. The summed E-state index contributed by atoms with van der Waals surface area (Å²) >= 11 is 0. The van der Waals surface area contributed by atoms with E-state index in [-0.39, 0.29) is 5.41 Å². The van der Waals surface area contributed by atoms with E-state index in [1.165, 1.54) is 19.3 Å². The van der Waals surface area contributed by atoms with Gasteiger partial charge in [0.25, 0.3) is 0 Å². The van der Waals surface area contributed by atoms with Crippen LogP contribution in [0.5, 0.6) is 0 Å². The normalized spacial score (nSPS) is 38.8. The quantitative estimate of drug-likeness (QED) is 0.790. The number of carbonyl (C=O) groups is 1. The number of aryl methyl sites for hydroxylation is 1. The lowest BCUT2D eigenvalue weighted by Gasteiger charge is -2.55. The molecule has 4 bridgehead atoms. The summed E-state index contributed by atoms with van der Waals surface area (Å²) in [5.74, 6) is 2.85. The van der Waals surface area contributed by atoms with E-state index in [0.717, 1.165) is 42.7 Å². The summed E-state index contributed by atoms with van der Waals surface area (Å²) in [4.78, 5) is 12.8. The topological polar surface area (TPSA) is 34.9 Å². The van der Waals surface area contributed by atoms with Gasteiger partial charge < -0.3 is 0 Å². The molecule has 0 unspecified atom stereocenters. The molecule has 106 valence electrons. The fraction of sp³-hybridized carbons (Fsp3) is 0.647. The monoisotopic (exact) mass is 270 g/mol. The predicted octanol–water partition coefficient (Wildman–Crippen LogP) is 3.22. The minimum atomic E-state index is -0.0139. The Hall–Kier alpha value is -1.38. The molecule has 20 heavy (non-hydrogen) atoms. The molecule has 3 heteroatoms. The molecule has 5 rings (SSSR count). The Morgan fingerprint density at radius 2 is 1.85 bits per heavy atom. The first-order chi connectivity index (χ1) is 9.63. The minimum Gasteiger partial charge on any atom is -0.294 e. The van der Waals surface area contributed by atoms with Crippen molar-refractivity contribution in [2.24, 2.45) is 30.2 Å². The maximum absolute atomic E-state index is 12.8. The Bertz CT molecular complexity index is 534. The van der Waals surface area contributed by atoms with Crippen molar-refractivity contribution in [2.75, 3.05) is 0 Å². The van der Waals surface area contributed by atoms with Crippen molar-refractivity contribution in [1.82, 2.24) is 9.78 Å². The van der Waals surface area contributed by atoms with Gasteiger partial charge in [-0.1, -0.05) is 0 Å². The molecule has 0 saturated heterocycles. The zero-order valence-electron chi connectivity index (χ0n) is 12.1. The van der Waals surface area contributed by atoms with Gasteiger partial charge >= 0.3 is 0 Å². The molecule has 0 spiro atoms. The number of rotatable bonds is 3. The van der Waals surface area contributed by atoms with Crippen molar-refractivity contribution in [3.8, 4) is 0 Å². The van der Waals surface area contributed by atoms with Crippen LogP contribution in [0, 0.1) is 23.2 Å². The van der Waals surface area contributed by atoms with Crippen LogP contribution in [-0.2, 0) is 11.8 Å². The van der Waals surface area contributed by atoms with Crippen molar-refractivity contribution in [2.45, 2.75) is 38.5 Å². The minimum absolute atomic E-state index is 0.0139. The Morgan fingerprint density at radius 3 is 2.35 bits per heavy atom. The Balaban J connectivity index is 1.55.